The molecule has 0 aliphatic rings. The van der Waals surface area contributed by atoms with Gasteiger partial charge in [0.1, 0.15) is 11.3 Å². The zero-order valence-corrected chi connectivity index (χ0v) is 7.57. The molecule has 2 aromatic rings. The van der Waals surface area contributed by atoms with Crippen LogP contribution in [0.4, 0.5) is 0 Å². The second-order valence-corrected chi connectivity index (χ2v) is 2.89. The zero-order valence-electron chi connectivity index (χ0n) is 7.57. The predicted octanol–water partition coefficient (Wildman–Crippen LogP) is 1.87. The first-order chi connectivity index (χ1) is 6.74. The molecule has 0 atom stereocenters. The van der Waals surface area contributed by atoms with Gasteiger partial charge in [-0.05, 0) is 18.2 Å². The number of benzene rings is 1. The minimum Gasteiger partial charge on any atom is -0.496 e. The van der Waals surface area contributed by atoms with Crippen LogP contribution in [0.2, 0.25) is 0 Å². The first-order valence-corrected chi connectivity index (χ1v) is 4.11. The number of rotatable bonds is 2. The first-order valence-electron chi connectivity index (χ1n) is 4.11. The highest BCUT2D eigenvalue weighted by molar-refractivity contribution is 6.04. The third-order valence-electron chi connectivity index (χ3n) is 2.12. The number of aromatic amines is 1. The topological polar surface area (TPSA) is 62.3 Å². The first kappa shape index (κ1) is 8.62. The molecule has 2 rings (SSSR count). The van der Waals surface area contributed by atoms with E-state index in [1.54, 1.807) is 12.3 Å². The van der Waals surface area contributed by atoms with Crippen molar-refractivity contribution in [2.75, 3.05) is 7.11 Å². The molecule has 0 aliphatic heterocycles. The van der Waals surface area contributed by atoms with Gasteiger partial charge in [0.15, 0.2) is 0 Å². The molecule has 0 unspecified atom stereocenters. The second-order valence-electron chi connectivity index (χ2n) is 2.89. The highest BCUT2D eigenvalue weighted by Gasteiger charge is 2.15. The number of H-pyrrole nitrogens is 1. The molecule has 2 N–H and O–H groups in total. The number of methoxy groups -OCH3 is 1. The van der Waals surface area contributed by atoms with Crippen molar-refractivity contribution >= 4 is 16.9 Å². The molecule has 0 saturated heterocycles. The predicted molar refractivity (Wildman–Crippen MR) is 51.8 cm³/mol. The van der Waals surface area contributed by atoms with Crippen LogP contribution < -0.4 is 4.74 Å². The van der Waals surface area contributed by atoms with Crippen molar-refractivity contribution in [1.29, 1.82) is 0 Å². The number of aromatic nitrogens is 1. The summed E-state index contributed by atoms with van der Waals surface area (Å²) >= 11 is 0. The normalized spacial score (nSPS) is 10.4. The molecule has 14 heavy (non-hydrogen) atoms. The van der Waals surface area contributed by atoms with E-state index in [4.69, 9.17) is 9.84 Å². The van der Waals surface area contributed by atoms with Crippen LogP contribution in [0.15, 0.2) is 24.4 Å². The molecular weight excluding hydrogens is 182 g/mol. The van der Waals surface area contributed by atoms with E-state index in [-0.39, 0.29) is 5.56 Å². The standard InChI is InChI=1S/C10H9NO3/c1-14-7-3-2-6-4-5-11-9(6)8(7)10(12)13/h2-5,11H,1H3,(H,12,13). The summed E-state index contributed by atoms with van der Waals surface area (Å²) in [6.45, 7) is 0. The van der Waals surface area contributed by atoms with Crippen molar-refractivity contribution in [3.63, 3.8) is 0 Å². The Kier molecular flexibility index (Phi) is 1.89. The Labute approximate surface area is 80.1 Å². The van der Waals surface area contributed by atoms with Gasteiger partial charge in [0.25, 0.3) is 0 Å². The van der Waals surface area contributed by atoms with E-state index >= 15 is 0 Å². The van der Waals surface area contributed by atoms with Crippen molar-refractivity contribution < 1.29 is 14.6 Å². The van der Waals surface area contributed by atoms with Gasteiger partial charge in [-0.2, -0.15) is 0 Å². The fourth-order valence-corrected chi connectivity index (χ4v) is 1.49. The number of carboxylic acids is 1. The smallest absolute Gasteiger partial charge is 0.341 e. The van der Waals surface area contributed by atoms with Crippen molar-refractivity contribution in [3.8, 4) is 5.75 Å². The number of ether oxygens (including phenoxy) is 1. The van der Waals surface area contributed by atoms with Crippen LogP contribution in [0.5, 0.6) is 5.75 Å². The van der Waals surface area contributed by atoms with Crippen molar-refractivity contribution in [2.24, 2.45) is 0 Å². The summed E-state index contributed by atoms with van der Waals surface area (Å²) in [6, 6.07) is 5.29. The molecule has 1 aromatic carbocycles. The number of hydrogen-bond donors (Lipinski definition) is 2. The minimum absolute atomic E-state index is 0.176. The van der Waals surface area contributed by atoms with Crippen LogP contribution in [0.25, 0.3) is 10.9 Å². The number of aromatic carboxylic acids is 1. The fourth-order valence-electron chi connectivity index (χ4n) is 1.49. The second kappa shape index (κ2) is 3.06. The fraction of sp³-hybridized carbons (Fsp3) is 0.100. The maximum atomic E-state index is 11.0. The van der Waals surface area contributed by atoms with Gasteiger partial charge in [0.2, 0.25) is 0 Å². The molecule has 1 aromatic heterocycles. The quantitative estimate of drug-likeness (QED) is 0.761. The molecule has 72 valence electrons. The maximum Gasteiger partial charge on any atom is 0.341 e. The van der Waals surface area contributed by atoms with Crippen molar-refractivity contribution in [2.45, 2.75) is 0 Å². The zero-order chi connectivity index (χ0) is 10.1. The number of carboxylic acid groups (broad SMARTS) is 1. The van der Waals surface area contributed by atoms with Gasteiger partial charge in [0.05, 0.1) is 12.6 Å². The van der Waals surface area contributed by atoms with E-state index in [2.05, 4.69) is 4.98 Å². The molecule has 0 fully saturated rings. The van der Waals surface area contributed by atoms with Gasteiger partial charge in [-0.1, -0.05) is 0 Å². The van der Waals surface area contributed by atoms with Crippen molar-refractivity contribution in [1.82, 2.24) is 4.98 Å². The Morgan fingerprint density at radius 2 is 2.21 bits per heavy atom. The molecular formula is C10H9NO3. The van der Waals surface area contributed by atoms with Crippen LogP contribution in [0.1, 0.15) is 10.4 Å². The van der Waals surface area contributed by atoms with E-state index in [1.165, 1.54) is 7.11 Å². The van der Waals surface area contributed by atoms with Gasteiger partial charge < -0.3 is 14.8 Å². The lowest BCUT2D eigenvalue weighted by molar-refractivity contribution is 0.0695. The van der Waals surface area contributed by atoms with E-state index in [0.717, 1.165) is 5.39 Å². The van der Waals surface area contributed by atoms with Gasteiger partial charge in [0, 0.05) is 11.6 Å². The third-order valence-corrected chi connectivity index (χ3v) is 2.12. The van der Waals surface area contributed by atoms with Gasteiger partial charge >= 0.3 is 5.97 Å². The van der Waals surface area contributed by atoms with E-state index < -0.39 is 5.97 Å². The summed E-state index contributed by atoms with van der Waals surface area (Å²) in [7, 11) is 1.45. The summed E-state index contributed by atoms with van der Waals surface area (Å²) in [4.78, 5) is 13.9. The summed E-state index contributed by atoms with van der Waals surface area (Å²) in [5.74, 6) is -0.623. The Hall–Kier alpha value is -1.97. The maximum absolute atomic E-state index is 11.0. The molecule has 0 saturated carbocycles. The molecule has 0 spiro atoms. The monoisotopic (exact) mass is 191 g/mol. The van der Waals surface area contributed by atoms with Crippen LogP contribution in [-0.4, -0.2) is 23.2 Å². The Balaban J connectivity index is 2.82. The van der Waals surface area contributed by atoms with Crippen LogP contribution in [0, 0.1) is 0 Å². The minimum atomic E-state index is -0.991. The summed E-state index contributed by atoms with van der Waals surface area (Å²) in [5.41, 5.74) is 0.770. The van der Waals surface area contributed by atoms with Gasteiger partial charge in [-0.15, -0.1) is 0 Å². The number of hydrogen-bond acceptors (Lipinski definition) is 2. The molecule has 0 aliphatic carbocycles. The number of carbonyl (C=O) groups is 1. The van der Waals surface area contributed by atoms with E-state index in [9.17, 15) is 4.79 Å². The summed E-state index contributed by atoms with van der Waals surface area (Å²) in [6.07, 6.45) is 1.70. The molecule has 1 heterocycles. The molecule has 4 heteroatoms. The Morgan fingerprint density at radius 1 is 1.43 bits per heavy atom. The lowest BCUT2D eigenvalue weighted by Gasteiger charge is -2.05. The molecule has 0 radical (unpaired) electrons. The Bertz CT molecular complexity index is 487. The van der Waals surface area contributed by atoms with Crippen LogP contribution in [-0.2, 0) is 0 Å². The average Bonchev–Trinajstić information content (AvgIpc) is 2.62. The van der Waals surface area contributed by atoms with Gasteiger partial charge in [-0.3, -0.25) is 0 Å². The number of nitrogens with one attached hydrogen (secondary N) is 1. The Morgan fingerprint density at radius 3 is 2.86 bits per heavy atom. The largest absolute Gasteiger partial charge is 0.496 e. The van der Waals surface area contributed by atoms with Gasteiger partial charge in [-0.25, -0.2) is 4.79 Å². The summed E-state index contributed by atoms with van der Waals surface area (Å²) < 4.78 is 4.98. The highest BCUT2D eigenvalue weighted by atomic mass is 16.5. The number of fused-ring (bicyclic) bond motifs is 1. The highest BCUT2D eigenvalue weighted by Crippen LogP contribution is 2.26. The third kappa shape index (κ3) is 1.12. The van der Waals surface area contributed by atoms with Crippen LogP contribution in [0.3, 0.4) is 0 Å². The lowest BCUT2D eigenvalue weighted by atomic mass is 10.1. The average molecular weight is 191 g/mol. The molecule has 0 amide bonds. The molecule has 0 bridgehead atoms. The van der Waals surface area contributed by atoms with E-state index in [1.807, 2.05) is 12.1 Å². The summed E-state index contributed by atoms with van der Waals surface area (Å²) in [5, 5.41) is 9.88. The lowest BCUT2D eigenvalue weighted by Crippen LogP contribution is -2.01. The van der Waals surface area contributed by atoms with Crippen LogP contribution >= 0.6 is 0 Å². The van der Waals surface area contributed by atoms with E-state index in [0.29, 0.717) is 11.3 Å². The molecule has 4 nitrogen and oxygen atoms in total. The SMILES string of the molecule is COc1ccc2cc[nH]c2c1C(=O)O. The van der Waals surface area contributed by atoms with Crippen molar-refractivity contribution in [3.05, 3.63) is 30.0 Å².